The monoisotopic (exact) mass is 299 g/mol. The summed E-state index contributed by atoms with van der Waals surface area (Å²) in [6, 6.07) is 4.04. The molecule has 0 fully saturated rings. The number of hydrogen-bond acceptors (Lipinski definition) is 3. The maximum atomic E-state index is 10.7. The molecule has 5 heteroatoms. The topological polar surface area (TPSA) is 49.8 Å². The van der Waals surface area contributed by atoms with Crippen molar-refractivity contribution in [1.29, 1.82) is 0 Å². The van der Waals surface area contributed by atoms with E-state index >= 15 is 0 Å². The fourth-order valence-electron chi connectivity index (χ4n) is 2.10. The molecule has 1 aliphatic rings. The van der Waals surface area contributed by atoms with Gasteiger partial charge in [-0.3, -0.25) is 9.69 Å². The summed E-state index contributed by atoms with van der Waals surface area (Å²) >= 11 is 3.45. The summed E-state index contributed by atoms with van der Waals surface area (Å²) in [5, 5.41) is 8.78. The van der Waals surface area contributed by atoms with E-state index in [2.05, 4.69) is 15.9 Å². The molecule has 0 bridgehead atoms. The highest BCUT2D eigenvalue weighted by molar-refractivity contribution is 9.10. The van der Waals surface area contributed by atoms with Crippen molar-refractivity contribution >= 4 is 21.9 Å². The number of methoxy groups -OCH3 is 1. The maximum Gasteiger partial charge on any atom is 0.317 e. The van der Waals surface area contributed by atoms with Gasteiger partial charge in [0.05, 0.1) is 18.1 Å². The lowest BCUT2D eigenvalue weighted by Gasteiger charge is -2.27. The standard InChI is InChI=1S/C12H14BrNO3/c1-17-11-5-8-2-3-14(7-12(15)16)6-9(8)4-10(11)13/h4-5H,2-3,6-7H2,1H3,(H,15,16). The Labute approximate surface area is 108 Å². The lowest BCUT2D eigenvalue weighted by atomic mass is 9.99. The molecule has 0 saturated heterocycles. The van der Waals surface area contributed by atoms with Gasteiger partial charge in [0.15, 0.2) is 0 Å². The number of aliphatic carboxylic acids is 1. The van der Waals surface area contributed by atoms with Crippen LogP contribution >= 0.6 is 15.9 Å². The van der Waals surface area contributed by atoms with Crippen LogP contribution in [0.3, 0.4) is 0 Å². The number of benzene rings is 1. The third-order valence-corrected chi connectivity index (χ3v) is 3.54. The Kier molecular flexibility index (Phi) is 3.69. The van der Waals surface area contributed by atoms with Crippen LogP contribution < -0.4 is 4.74 Å². The van der Waals surface area contributed by atoms with Crippen LogP contribution in [-0.4, -0.2) is 36.2 Å². The summed E-state index contributed by atoms with van der Waals surface area (Å²) in [4.78, 5) is 12.6. The van der Waals surface area contributed by atoms with Crippen molar-refractivity contribution in [3.63, 3.8) is 0 Å². The summed E-state index contributed by atoms with van der Waals surface area (Å²) in [5.41, 5.74) is 2.41. The van der Waals surface area contributed by atoms with Gasteiger partial charge in [-0.15, -0.1) is 0 Å². The van der Waals surface area contributed by atoms with Crippen molar-refractivity contribution in [1.82, 2.24) is 4.90 Å². The number of halogens is 1. The van der Waals surface area contributed by atoms with Gasteiger partial charge in [-0.1, -0.05) is 0 Å². The SMILES string of the molecule is COc1cc2c(cc1Br)CN(CC(=O)O)CC2. The number of carbonyl (C=O) groups is 1. The quantitative estimate of drug-likeness (QED) is 0.926. The number of ether oxygens (including phenoxy) is 1. The molecule has 1 heterocycles. The van der Waals surface area contributed by atoms with Crippen LogP contribution in [0.2, 0.25) is 0 Å². The Bertz CT molecular complexity index is 448. The third-order valence-electron chi connectivity index (χ3n) is 2.92. The molecule has 0 spiro atoms. The first-order chi connectivity index (χ1) is 8.10. The van der Waals surface area contributed by atoms with Crippen LogP contribution in [0.1, 0.15) is 11.1 Å². The van der Waals surface area contributed by atoms with Crippen molar-refractivity contribution in [2.45, 2.75) is 13.0 Å². The summed E-state index contributed by atoms with van der Waals surface area (Å²) in [7, 11) is 1.64. The number of hydrogen-bond donors (Lipinski definition) is 1. The molecule has 17 heavy (non-hydrogen) atoms. The summed E-state index contributed by atoms with van der Waals surface area (Å²) in [5.74, 6) is 0.0523. The van der Waals surface area contributed by atoms with Crippen molar-refractivity contribution in [2.24, 2.45) is 0 Å². The summed E-state index contributed by atoms with van der Waals surface area (Å²) < 4.78 is 6.16. The van der Waals surface area contributed by atoms with Gasteiger partial charge >= 0.3 is 5.97 Å². The molecule has 0 aromatic heterocycles. The molecule has 0 radical (unpaired) electrons. The van der Waals surface area contributed by atoms with Crippen LogP contribution in [0.15, 0.2) is 16.6 Å². The minimum atomic E-state index is -0.777. The number of carboxylic acid groups (broad SMARTS) is 1. The maximum absolute atomic E-state index is 10.7. The van der Waals surface area contributed by atoms with Gasteiger partial charge in [0.25, 0.3) is 0 Å². The third kappa shape index (κ3) is 2.79. The molecule has 92 valence electrons. The van der Waals surface area contributed by atoms with Gasteiger partial charge in [0, 0.05) is 13.1 Å². The number of carboxylic acids is 1. The molecule has 0 unspecified atom stereocenters. The average molecular weight is 300 g/mol. The van der Waals surface area contributed by atoms with Crippen LogP contribution in [0.25, 0.3) is 0 Å². The van der Waals surface area contributed by atoms with E-state index in [0.29, 0.717) is 6.54 Å². The Morgan fingerprint density at radius 1 is 1.53 bits per heavy atom. The minimum absolute atomic E-state index is 0.100. The summed E-state index contributed by atoms with van der Waals surface area (Å²) in [6.45, 7) is 1.57. The highest BCUT2D eigenvalue weighted by atomic mass is 79.9. The van der Waals surface area contributed by atoms with Gasteiger partial charge in [-0.2, -0.15) is 0 Å². The largest absolute Gasteiger partial charge is 0.496 e. The molecule has 1 aromatic rings. The Morgan fingerprint density at radius 3 is 2.94 bits per heavy atom. The van der Waals surface area contributed by atoms with Gasteiger partial charge in [-0.05, 0) is 45.6 Å². The molecule has 1 aromatic carbocycles. The van der Waals surface area contributed by atoms with Crippen LogP contribution in [0, 0.1) is 0 Å². The smallest absolute Gasteiger partial charge is 0.317 e. The first-order valence-corrected chi connectivity index (χ1v) is 6.19. The normalized spacial score (nSPS) is 15.4. The van der Waals surface area contributed by atoms with Crippen LogP contribution in [0.4, 0.5) is 0 Å². The molecule has 0 amide bonds. The first-order valence-electron chi connectivity index (χ1n) is 5.39. The molecule has 1 N–H and O–H groups in total. The molecule has 4 nitrogen and oxygen atoms in total. The zero-order valence-electron chi connectivity index (χ0n) is 9.57. The number of rotatable bonds is 3. The van der Waals surface area contributed by atoms with Crippen LogP contribution in [0.5, 0.6) is 5.75 Å². The second kappa shape index (κ2) is 5.06. The van der Waals surface area contributed by atoms with Crippen molar-refractivity contribution in [2.75, 3.05) is 20.2 Å². The lowest BCUT2D eigenvalue weighted by molar-refractivity contribution is -0.138. The highest BCUT2D eigenvalue weighted by Crippen LogP contribution is 2.31. The predicted molar refractivity (Wildman–Crippen MR) is 67.3 cm³/mol. The molecule has 0 atom stereocenters. The number of fused-ring (bicyclic) bond motifs is 1. The van der Waals surface area contributed by atoms with E-state index in [1.54, 1.807) is 7.11 Å². The molecular formula is C12H14BrNO3. The molecular weight excluding hydrogens is 286 g/mol. The van der Waals surface area contributed by atoms with Gasteiger partial charge in [0.2, 0.25) is 0 Å². The van der Waals surface area contributed by atoms with Crippen molar-refractivity contribution in [3.05, 3.63) is 27.7 Å². The molecule has 0 aliphatic carbocycles. The Hall–Kier alpha value is -1.07. The second-order valence-corrected chi connectivity index (χ2v) is 4.96. The van der Waals surface area contributed by atoms with Gasteiger partial charge in [0.1, 0.15) is 5.75 Å². The van der Waals surface area contributed by atoms with Gasteiger partial charge < -0.3 is 9.84 Å². The van der Waals surface area contributed by atoms with E-state index in [0.717, 1.165) is 23.2 Å². The zero-order valence-corrected chi connectivity index (χ0v) is 11.2. The average Bonchev–Trinajstić information content (AvgIpc) is 2.27. The predicted octanol–water partition coefficient (Wildman–Crippen LogP) is 1.90. The zero-order chi connectivity index (χ0) is 12.4. The second-order valence-electron chi connectivity index (χ2n) is 4.11. The fourth-order valence-corrected chi connectivity index (χ4v) is 2.65. The molecule has 2 rings (SSSR count). The van der Waals surface area contributed by atoms with E-state index in [9.17, 15) is 4.79 Å². The van der Waals surface area contributed by atoms with Crippen molar-refractivity contribution in [3.8, 4) is 5.75 Å². The lowest BCUT2D eigenvalue weighted by Crippen LogP contribution is -2.34. The molecule has 1 aliphatic heterocycles. The fraction of sp³-hybridized carbons (Fsp3) is 0.417. The van der Waals surface area contributed by atoms with E-state index in [-0.39, 0.29) is 6.54 Å². The first kappa shape index (κ1) is 12.4. The summed E-state index contributed by atoms with van der Waals surface area (Å²) in [6.07, 6.45) is 0.867. The van der Waals surface area contributed by atoms with E-state index < -0.39 is 5.97 Å². The minimum Gasteiger partial charge on any atom is -0.496 e. The highest BCUT2D eigenvalue weighted by Gasteiger charge is 2.19. The van der Waals surface area contributed by atoms with E-state index in [1.807, 2.05) is 17.0 Å². The van der Waals surface area contributed by atoms with E-state index in [1.165, 1.54) is 11.1 Å². The van der Waals surface area contributed by atoms with Crippen LogP contribution in [-0.2, 0) is 17.8 Å². The van der Waals surface area contributed by atoms with E-state index in [4.69, 9.17) is 9.84 Å². The van der Waals surface area contributed by atoms with Crippen molar-refractivity contribution < 1.29 is 14.6 Å². The molecule has 0 saturated carbocycles. The Balaban J connectivity index is 2.21. The number of nitrogens with zero attached hydrogens (tertiary/aromatic N) is 1. The Morgan fingerprint density at radius 2 is 2.29 bits per heavy atom. The van der Waals surface area contributed by atoms with Gasteiger partial charge in [-0.25, -0.2) is 0 Å².